The zero-order chi connectivity index (χ0) is 40.9. The van der Waals surface area contributed by atoms with Gasteiger partial charge in [0.25, 0.3) is 17.4 Å². The van der Waals surface area contributed by atoms with Crippen LogP contribution in [0, 0.1) is 0 Å². The third-order valence-corrected chi connectivity index (χ3v) is 8.44. The molecule has 54 heavy (non-hydrogen) atoms. The van der Waals surface area contributed by atoms with Gasteiger partial charge in [-0.25, -0.2) is 0 Å². The molecule has 2 unspecified atom stereocenters. The quantitative estimate of drug-likeness (QED) is 0.0687. The van der Waals surface area contributed by atoms with Crippen LogP contribution < -0.4 is 0 Å². The van der Waals surface area contributed by atoms with E-state index in [-0.39, 0.29) is 111 Å². The molecule has 0 N–H and O–H groups in total. The summed E-state index contributed by atoms with van der Waals surface area (Å²) in [5, 5.41) is 0. The van der Waals surface area contributed by atoms with Crippen LogP contribution in [-0.2, 0) is 71.1 Å². The van der Waals surface area contributed by atoms with Crippen molar-refractivity contribution in [3.05, 3.63) is 11.5 Å². The predicted octanol–water partition coefficient (Wildman–Crippen LogP) is 6.31. The van der Waals surface area contributed by atoms with Gasteiger partial charge in [0.2, 0.25) is 5.60 Å². The number of rotatable bonds is 33. The lowest BCUT2D eigenvalue weighted by atomic mass is 9.66. The van der Waals surface area contributed by atoms with Crippen molar-refractivity contribution in [2.24, 2.45) is 0 Å². The topological polar surface area (TPSA) is 138 Å². The van der Waals surface area contributed by atoms with Gasteiger partial charge < -0.3 is 71.1 Å². The normalized spacial score (nSPS) is 20.5. The van der Waals surface area contributed by atoms with Gasteiger partial charge in [0.1, 0.15) is 0 Å². The number of hydrogen-bond donors (Lipinski definition) is 0. The van der Waals surface area contributed by atoms with Crippen molar-refractivity contribution < 1.29 is 71.1 Å². The average Bonchev–Trinajstić information content (AvgIpc) is 3.14. The van der Waals surface area contributed by atoms with Crippen molar-refractivity contribution in [2.75, 3.05) is 99.1 Å². The van der Waals surface area contributed by atoms with Gasteiger partial charge >= 0.3 is 11.8 Å². The summed E-state index contributed by atoms with van der Waals surface area (Å²) in [5.41, 5.74) is -2.33. The molecule has 1 aliphatic carbocycles. The minimum absolute atomic E-state index is 0.00730. The Balaban J connectivity index is 5.50. The van der Waals surface area contributed by atoms with Crippen LogP contribution >= 0.6 is 0 Å². The first kappa shape index (κ1) is 50.8. The lowest BCUT2D eigenvalue weighted by molar-refractivity contribution is -0.590. The van der Waals surface area contributed by atoms with Gasteiger partial charge in [-0.05, 0) is 104 Å². The van der Waals surface area contributed by atoms with Gasteiger partial charge in [-0.15, -0.1) is 0 Å². The molecule has 0 bridgehead atoms. The van der Waals surface area contributed by atoms with Crippen molar-refractivity contribution in [2.45, 2.75) is 145 Å². The zero-order valence-corrected chi connectivity index (χ0v) is 36.3. The fourth-order valence-corrected chi connectivity index (χ4v) is 7.57. The highest BCUT2D eigenvalue weighted by atomic mass is 16.9. The second-order valence-electron chi connectivity index (χ2n) is 11.3. The second kappa shape index (κ2) is 24.6. The van der Waals surface area contributed by atoms with Crippen LogP contribution in [0.5, 0.6) is 0 Å². The molecule has 1 rings (SSSR count). The third-order valence-electron chi connectivity index (χ3n) is 8.44. The van der Waals surface area contributed by atoms with Gasteiger partial charge in [0.05, 0.1) is 13.2 Å². The molecule has 1 aliphatic rings. The fourth-order valence-electron chi connectivity index (χ4n) is 7.57. The molecule has 15 nitrogen and oxygen atoms in total. The van der Waals surface area contributed by atoms with Gasteiger partial charge in [0, 0.05) is 85.9 Å². The summed E-state index contributed by atoms with van der Waals surface area (Å²) in [6.45, 7) is 28.4. The molecule has 0 amide bonds. The molecule has 2 atom stereocenters. The van der Waals surface area contributed by atoms with Crippen LogP contribution in [0.1, 0.15) is 104 Å². The van der Waals surface area contributed by atoms with Gasteiger partial charge in [0.15, 0.2) is 17.6 Å². The molecule has 15 heteroatoms. The molecule has 0 aromatic heterocycles. The highest BCUT2D eigenvalue weighted by molar-refractivity contribution is 5.40. The van der Waals surface area contributed by atoms with Crippen molar-refractivity contribution >= 4 is 0 Å². The molecule has 0 aromatic rings. The van der Waals surface area contributed by atoms with Crippen LogP contribution in [0.15, 0.2) is 11.5 Å². The fraction of sp³-hybridized carbons (Fsp3) is 0.949. The van der Waals surface area contributed by atoms with E-state index in [2.05, 4.69) is 0 Å². The summed E-state index contributed by atoms with van der Waals surface area (Å²) >= 11 is 0. The SMILES string of the molecule is CCOC1=C(OCC)C(OCC)(C(OCC)(OCC)C(OCC)(OCC)C(OCC)(OCC)OCC)C(OCC)(OCC)C(OCC)(OCC)C1OCC. The molecule has 0 spiro atoms. The molecule has 0 heterocycles. The molecule has 0 fully saturated rings. The van der Waals surface area contributed by atoms with Crippen LogP contribution in [0.4, 0.5) is 0 Å². The Morgan fingerprint density at radius 2 is 0.815 bits per heavy atom. The first-order valence-corrected chi connectivity index (χ1v) is 20.4. The van der Waals surface area contributed by atoms with E-state index in [1.165, 1.54) is 0 Å². The Morgan fingerprint density at radius 3 is 1.15 bits per heavy atom. The monoisotopic (exact) mass is 785 g/mol. The minimum atomic E-state index is -2.43. The van der Waals surface area contributed by atoms with E-state index in [1.54, 1.807) is 27.7 Å². The van der Waals surface area contributed by atoms with E-state index in [0.717, 1.165) is 0 Å². The largest absolute Gasteiger partial charge is 0.492 e. The predicted molar refractivity (Wildman–Crippen MR) is 202 cm³/mol. The summed E-state index contributed by atoms with van der Waals surface area (Å²) in [6, 6.07) is 0. The third kappa shape index (κ3) is 8.64. The molecule has 322 valence electrons. The Bertz CT molecular complexity index is 999. The van der Waals surface area contributed by atoms with E-state index in [4.69, 9.17) is 71.1 Å². The van der Waals surface area contributed by atoms with Gasteiger partial charge in [-0.2, -0.15) is 0 Å². The maximum Gasteiger partial charge on any atom is 0.346 e. The summed E-state index contributed by atoms with van der Waals surface area (Å²) in [6.07, 6.45) is -1.15. The first-order valence-electron chi connectivity index (χ1n) is 20.4. The van der Waals surface area contributed by atoms with E-state index in [9.17, 15) is 0 Å². The maximum atomic E-state index is 7.30. The zero-order valence-electron chi connectivity index (χ0n) is 36.3. The van der Waals surface area contributed by atoms with Gasteiger partial charge in [-0.1, -0.05) is 0 Å². The van der Waals surface area contributed by atoms with E-state index in [1.807, 2.05) is 76.2 Å². The molecule has 0 aliphatic heterocycles. The average molecular weight is 785 g/mol. The molecule has 0 aromatic carbocycles. The first-order chi connectivity index (χ1) is 26.1. The van der Waals surface area contributed by atoms with Crippen LogP contribution in [0.2, 0.25) is 0 Å². The molecule has 0 saturated carbocycles. The molecule has 0 radical (unpaired) electrons. The number of ether oxygens (including phenoxy) is 15. The summed E-state index contributed by atoms with van der Waals surface area (Å²) in [5.74, 6) is -11.0. The molecule has 0 saturated heterocycles. The van der Waals surface area contributed by atoms with Crippen molar-refractivity contribution in [3.8, 4) is 0 Å². The van der Waals surface area contributed by atoms with Crippen LogP contribution in [-0.4, -0.2) is 140 Å². The van der Waals surface area contributed by atoms with Crippen LogP contribution in [0.3, 0.4) is 0 Å². The highest BCUT2D eigenvalue weighted by Crippen LogP contribution is 2.65. The summed E-state index contributed by atoms with van der Waals surface area (Å²) in [4.78, 5) is 0. The summed E-state index contributed by atoms with van der Waals surface area (Å²) in [7, 11) is 0. The molecular weight excluding hydrogens is 708 g/mol. The lowest BCUT2D eigenvalue weighted by Crippen LogP contribution is -2.91. The molecular formula is C39H76O15. The van der Waals surface area contributed by atoms with Crippen molar-refractivity contribution in [3.63, 3.8) is 0 Å². The van der Waals surface area contributed by atoms with Crippen molar-refractivity contribution in [1.29, 1.82) is 0 Å². The standard InChI is InChI=1S/C39H76O15/c1-16-40-31-32(41-17-2)34(43-19-4,36(46-22-7,47-23-8)35(44-20-5,45-21-6)33(31)42-18-3)37(48-24-9,49-25-10)38(50-26-11,51-27-12)39(52-28-13,53-29-14)54-30-15/h33H,16-30H2,1-15H3. The maximum absolute atomic E-state index is 7.30. The Labute approximate surface area is 326 Å². The Kier molecular flexibility index (Phi) is 23.1. The van der Waals surface area contributed by atoms with E-state index >= 15 is 0 Å². The van der Waals surface area contributed by atoms with Crippen LogP contribution in [0.25, 0.3) is 0 Å². The van der Waals surface area contributed by atoms with Crippen molar-refractivity contribution in [1.82, 2.24) is 0 Å². The summed E-state index contributed by atoms with van der Waals surface area (Å²) < 4.78 is 103. The van der Waals surface area contributed by atoms with E-state index in [0.29, 0.717) is 0 Å². The highest BCUT2D eigenvalue weighted by Gasteiger charge is 2.92. The van der Waals surface area contributed by atoms with E-state index < -0.39 is 40.8 Å². The van der Waals surface area contributed by atoms with Gasteiger partial charge in [-0.3, -0.25) is 0 Å². The second-order valence-corrected chi connectivity index (χ2v) is 11.3. The Hall–Kier alpha value is -1.18. The minimum Gasteiger partial charge on any atom is -0.492 e. The smallest absolute Gasteiger partial charge is 0.346 e. The Morgan fingerprint density at radius 1 is 0.407 bits per heavy atom. The lowest BCUT2D eigenvalue weighted by Gasteiger charge is -2.67. The number of hydrogen-bond acceptors (Lipinski definition) is 15.